The predicted octanol–water partition coefficient (Wildman–Crippen LogP) is 7.82. The molecule has 0 spiro atoms. The van der Waals surface area contributed by atoms with Gasteiger partial charge in [0.15, 0.2) is 11.5 Å². The van der Waals surface area contributed by atoms with E-state index in [1.165, 1.54) is 0 Å². The first-order valence-electron chi connectivity index (χ1n) is 18.1. The molecule has 5 aliphatic carbocycles. The SMILES string of the molecule is O=C(NC1(C(=O)O)C2CCC3CC(C2)CC1C3)c1cnc(-c2cn(C3CCC(F)(F)CC3)c3cc(OC4CCOCC4)ccc23)nc1C(F)(F)F. The van der Waals surface area contributed by atoms with Crippen molar-refractivity contribution in [3.05, 3.63) is 41.9 Å². The van der Waals surface area contributed by atoms with Crippen molar-refractivity contribution in [2.75, 3.05) is 13.2 Å². The Balaban J connectivity index is 1.16. The Kier molecular flexibility index (Phi) is 8.54. The molecule has 274 valence electrons. The number of aliphatic carboxylic acids is 1. The Labute approximate surface area is 291 Å². The van der Waals surface area contributed by atoms with Crippen molar-refractivity contribution in [3.8, 4) is 17.1 Å². The summed E-state index contributed by atoms with van der Waals surface area (Å²) in [6.07, 6.45) is 2.70. The normalized spacial score (nSPS) is 29.6. The Hall–Kier alpha value is -3.81. The lowest BCUT2D eigenvalue weighted by molar-refractivity contribution is -0.154. The minimum absolute atomic E-state index is 0.0765. The van der Waals surface area contributed by atoms with E-state index in [0.29, 0.717) is 80.2 Å². The number of aromatic nitrogens is 3. The molecule has 1 aromatic carbocycles. The van der Waals surface area contributed by atoms with Gasteiger partial charge in [-0.1, -0.05) is 6.42 Å². The molecule has 5 atom stereocenters. The van der Waals surface area contributed by atoms with Gasteiger partial charge in [-0.2, -0.15) is 13.2 Å². The summed E-state index contributed by atoms with van der Waals surface area (Å²) >= 11 is 0. The van der Waals surface area contributed by atoms with E-state index in [1.807, 2.05) is 0 Å². The van der Waals surface area contributed by atoms with Crippen molar-refractivity contribution < 1.29 is 46.1 Å². The molecule has 4 bridgehead atoms. The van der Waals surface area contributed by atoms with Crippen LogP contribution >= 0.6 is 0 Å². The number of carbonyl (C=O) groups excluding carboxylic acids is 1. The molecule has 1 amide bonds. The van der Waals surface area contributed by atoms with Gasteiger partial charge in [-0.05, 0) is 80.8 Å². The highest BCUT2D eigenvalue weighted by Gasteiger charge is 2.60. The smallest absolute Gasteiger partial charge is 0.434 e. The number of rotatable bonds is 7. The number of amides is 1. The average molecular weight is 717 g/mol. The molecule has 5 unspecified atom stereocenters. The van der Waals surface area contributed by atoms with E-state index in [0.717, 1.165) is 19.0 Å². The zero-order chi connectivity index (χ0) is 35.7. The summed E-state index contributed by atoms with van der Waals surface area (Å²) in [5.41, 5.74) is -3.14. The average Bonchev–Trinajstić information content (AvgIpc) is 3.34. The first-order valence-corrected chi connectivity index (χ1v) is 18.1. The first-order chi connectivity index (χ1) is 24.3. The molecule has 0 radical (unpaired) electrons. The van der Waals surface area contributed by atoms with E-state index in [1.54, 1.807) is 29.0 Å². The maximum absolute atomic E-state index is 14.8. The molecule has 2 N–H and O–H groups in total. The van der Waals surface area contributed by atoms with Gasteiger partial charge in [0.05, 0.1) is 24.3 Å². The molecule has 3 aromatic rings. The zero-order valence-electron chi connectivity index (χ0n) is 28.1. The minimum Gasteiger partial charge on any atom is -0.490 e. The minimum atomic E-state index is -5.07. The Bertz CT molecular complexity index is 1820. The third kappa shape index (κ3) is 6.24. The monoisotopic (exact) mass is 716 g/mol. The van der Waals surface area contributed by atoms with Gasteiger partial charge in [0.2, 0.25) is 5.92 Å². The summed E-state index contributed by atoms with van der Waals surface area (Å²) < 4.78 is 86.0. The lowest BCUT2D eigenvalue weighted by Gasteiger charge is -2.50. The lowest BCUT2D eigenvalue weighted by atomic mass is 9.58. The first kappa shape index (κ1) is 34.3. The second kappa shape index (κ2) is 12.7. The van der Waals surface area contributed by atoms with Crippen LogP contribution < -0.4 is 10.1 Å². The summed E-state index contributed by atoms with van der Waals surface area (Å²) in [5.74, 6) is -4.95. The molecule has 1 saturated heterocycles. The highest BCUT2D eigenvalue weighted by molar-refractivity contribution is 6.00. The van der Waals surface area contributed by atoms with Crippen LogP contribution in [-0.2, 0) is 15.7 Å². The van der Waals surface area contributed by atoms with Crippen LogP contribution in [0.4, 0.5) is 22.0 Å². The van der Waals surface area contributed by atoms with Gasteiger partial charge in [-0.3, -0.25) is 4.79 Å². The van der Waals surface area contributed by atoms with Crippen LogP contribution in [0, 0.1) is 23.7 Å². The van der Waals surface area contributed by atoms with Crippen LogP contribution in [0.2, 0.25) is 0 Å². The zero-order valence-corrected chi connectivity index (χ0v) is 28.1. The van der Waals surface area contributed by atoms with E-state index in [-0.39, 0.29) is 61.1 Å². The number of carbonyl (C=O) groups is 2. The predicted molar refractivity (Wildman–Crippen MR) is 174 cm³/mol. The van der Waals surface area contributed by atoms with Gasteiger partial charge in [0.1, 0.15) is 17.4 Å². The van der Waals surface area contributed by atoms with Gasteiger partial charge < -0.3 is 24.5 Å². The highest BCUT2D eigenvalue weighted by Crippen LogP contribution is 2.56. The van der Waals surface area contributed by atoms with Crippen LogP contribution in [0.3, 0.4) is 0 Å². The van der Waals surface area contributed by atoms with E-state index < -0.39 is 40.8 Å². The highest BCUT2D eigenvalue weighted by atomic mass is 19.4. The molecule has 3 heterocycles. The van der Waals surface area contributed by atoms with Crippen LogP contribution in [-0.4, -0.2) is 62.3 Å². The molecule has 2 aromatic heterocycles. The molecule has 5 saturated carbocycles. The van der Waals surface area contributed by atoms with Crippen LogP contribution in [0.5, 0.6) is 5.75 Å². The van der Waals surface area contributed by atoms with Crippen molar-refractivity contribution in [1.82, 2.24) is 19.9 Å². The number of benzene rings is 1. The van der Waals surface area contributed by atoms with Crippen molar-refractivity contribution in [2.45, 2.75) is 107 Å². The molecule has 51 heavy (non-hydrogen) atoms. The van der Waals surface area contributed by atoms with Crippen LogP contribution in [0.25, 0.3) is 22.3 Å². The van der Waals surface area contributed by atoms with Crippen molar-refractivity contribution in [1.29, 1.82) is 0 Å². The second-order valence-corrected chi connectivity index (χ2v) is 15.4. The Morgan fingerprint density at radius 2 is 1.69 bits per heavy atom. The number of alkyl halides is 5. The Morgan fingerprint density at radius 1 is 0.961 bits per heavy atom. The van der Waals surface area contributed by atoms with Crippen LogP contribution in [0.15, 0.2) is 30.6 Å². The van der Waals surface area contributed by atoms with Crippen LogP contribution in [0.1, 0.15) is 99.1 Å². The van der Waals surface area contributed by atoms with E-state index in [4.69, 9.17) is 9.47 Å². The quantitative estimate of drug-likeness (QED) is 0.240. The summed E-state index contributed by atoms with van der Waals surface area (Å²) in [7, 11) is 0. The number of nitrogens with one attached hydrogen (secondary N) is 1. The van der Waals surface area contributed by atoms with Crippen molar-refractivity contribution >= 4 is 22.8 Å². The van der Waals surface area contributed by atoms with E-state index >= 15 is 0 Å². The number of hydrogen-bond donors (Lipinski definition) is 2. The molecule has 6 aliphatic rings. The molecule has 9 nitrogen and oxygen atoms in total. The van der Waals surface area contributed by atoms with Gasteiger partial charge in [0.25, 0.3) is 5.91 Å². The number of nitrogens with zero attached hydrogens (tertiary/aromatic N) is 3. The molecule has 1 aliphatic heterocycles. The standard InChI is InChI=1S/C37H41F5N4O5/c38-35(39)9-5-24(6-10-35)46-19-29(27-4-3-26(17-30(27)46)51-25-7-11-50-12-8-25)32-43-18-28(31(44-32)37(40,41)42)33(47)45-36(34(48)49)22-2-1-20-13-21(15-22)16-23(36)14-20/h3-4,17-25H,1-2,5-16H2,(H,45,47)(H,48,49). The Morgan fingerprint density at radius 3 is 2.41 bits per heavy atom. The maximum Gasteiger partial charge on any atom is 0.434 e. The van der Waals surface area contributed by atoms with Crippen molar-refractivity contribution in [3.63, 3.8) is 0 Å². The maximum atomic E-state index is 14.8. The fourth-order valence-electron chi connectivity index (χ4n) is 9.90. The number of halogens is 5. The second-order valence-electron chi connectivity index (χ2n) is 15.4. The molecule has 9 rings (SSSR count). The number of ether oxygens (including phenoxy) is 2. The van der Waals surface area contributed by atoms with E-state index in [9.17, 15) is 36.6 Å². The number of carboxylic acid groups (broad SMARTS) is 1. The summed E-state index contributed by atoms with van der Waals surface area (Å²) in [6, 6.07) is 4.85. The fraction of sp³-hybridized carbons (Fsp3) is 0.622. The summed E-state index contributed by atoms with van der Waals surface area (Å²) in [6.45, 7) is 1.13. The molecular formula is C37H41F5N4O5. The fourth-order valence-corrected chi connectivity index (χ4v) is 9.90. The summed E-state index contributed by atoms with van der Waals surface area (Å²) in [5, 5.41) is 13.7. The number of hydrogen-bond acceptors (Lipinski definition) is 6. The molecule has 6 fully saturated rings. The third-order valence-corrected chi connectivity index (χ3v) is 12.3. The molecule has 14 heteroatoms. The number of fused-ring (bicyclic) bond motifs is 2. The molecular weight excluding hydrogens is 675 g/mol. The third-order valence-electron chi connectivity index (χ3n) is 12.3. The largest absolute Gasteiger partial charge is 0.490 e. The number of carboxylic acids is 1. The van der Waals surface area contributed by atoms with Gasteiger partial charge >= 0.3 is 12.1 Å². The van der Waals surface area contributed by atoms with E-state index in [2.05, 4.69) is 15.3 Å². The van der Waals surface area contributed by atoms with Crippen molar-refractivity contribution in [2.24, 2.45) is 23.7 Å². The topological polar surface area (TPSA) is 116 Å². The van der Waals surface area contributed by atoms with Gasteiger partial charge in [-0.25, -0.2) is 23.5 Å². The summed E-state index contributed by atoms with van der Waals surface area (Å²) in [4.78, 5) is 35.0. The lowest BCUT2D eigenvalue weighted by Crippen LogP contribution is -2.66. The van der Waals surface area contributed by atoms with Gasteiger partial charge in [-0.15, -0.1) is 0 Å². The van der Waals surface area contributed by atoms with Gasteiger partial charge in [0, 0.05) is 61.1 Å².